The summed E-state index contributed by atoms with van der Waals surface area (Å²) in [5.41, 5.74) is 12.8. The van der Waals surface area contributed by atoms with Crippen LogP contribution in [0.3, 0.4) is 0 Å². The summed E-state index contributed by atoms with van der Waals surface area (Å²) < 4.78 is 14.6. The van der Waals surface area contributed by atoms with Crippen molar-refractivity contribution < 1.29 is 9.15 Å². The van der Waals surface area contributed by atoms with Crippen molar-refractivity contribution in [3.63, 3.8) is 0 Å². The Morgan fingerprint density at radius 3 is 2.26 bits per heavy atom. The van der Waals surface area contributed by atoms with E-state index in [9.17, 15) is 0 Å². The molecule has 0 bridgehead atoms. The van der Waals surface area contributed by atoms with E-state index in [1.165, 1.54) is 22.3 Å². The van der Waals surface area contributed by atoms with Crippen molar-refractivity contribution in [2.24, 2.45) is 0 Å². The van der Waals surface area contributed by atoms with Crippen LogP contribution in [-0.2, 0) is 18.0 Å². The number of nitrogens with zero attached hydrogens (tertiary/aromatic N) is 2. The highest BCUT2D eigenvalue weighted by atomic mass is 16.5. The predicted molar refractivity (Wildman–Crippen MR) is 174 cm³/mol. The summed E-state index contributed by atoms with van der Waals surface area (Å²) in [5, 5.41) is 4.50. The zero-order chi connectivity index (χ0) is 28.5. The van der Waals surface area contributed by atoms with Gasteiger partial charge in [-0.1, -0.05) is 66.7 Å². The minimum Gasteiger partial charge on any atom is -0.456 e. The van der Waals surface area contributed by atoms with Gasteiger partial charge in [0.25, 0.3) is 0 Å². The average molecular weight is 553 g/mol. The van der Waals surface area contributed by atoms with Crippen molar-refractivity contribution in [2.75, 3.05) is 0 Å². The summed E-state index contributed by atoms with van der Waals surface area (Å²) in [6.45, 7) is 8.62. The summed E-state index contributed by atoms with van der Waals surface area (Å²) in [7, 11) is 0. The minimum absolute atomic E-state index is 0.541. The van der Waals surface area contributed by atoms with Crippen LogP contribution >= 0.6 is 0 Å². The molecule has 3 heterocycles. The van der Waals surface area contributed by atoms with Gasteiger partial charge in [-0.3, -0.25) is 0 Å². The van der Waals surface area contributed by atoms with Crippen LogP contribution in [0.15, 0.2) is 126 Å². The predicted octanol–water partition coefficient (Wildman–Crippen LogP) is 10.6. The van der Waals surface area contributed by atoms with Gasteiger partial charge in [-0.05, 0) is 93.4 Å². The molecule has 4 heteroatoms. The second-order valence-corrected chi connectivity index (χ2v) is 11.2. The molecule has 202 valence electrons. The van der Waals surface area contributed by atoms with Gasteiger partial charge in [-0.25, -0.2) is 4.85 Å². The first-order valence-corrected chi connectivity index (χ1v) is 14.4. The van der Waals surface area contributed by atoms with Crippen LogP contribution in [0.5, 0.6) is 0 Å². The lowest BCUT2D eigenvalue weighted by atomic mass is 9.92. The van der Waals surface area contributed by atoms with Crippen molar-refractivity contribution in [3.05, 3.63) is 144 Å². The highest BCUT2D eigenvalue weighted by Gasteiger charge is 2.19. The topological polar surface area (TPSA) is 31.7 Å². The van der Waals surface area contributed by atoms with Gasteiger partial charge >= 0.3 is 0 Å². The Morgan fingerprint density at radius 1 is 0.558 bits per heavy atom. The zero-order valence-corrected chi connectivity index (χ0v) is 23.2. The molecular formula is C39H24N2O2. The third-order valence-electron chi connectivity index (χ3n) is 8.76. The number of hydrogen-bond donors (Lipinski definition) is 0. The van der Waals surface area contributed by atoms with Crippen LogP contribution < -0.4 is 0 Å². The third kappa shape index (κ3) is 3.66. The zero-order valence-electron chi connectivity index (χ0n) is 23.2. The number of aromatic nitrogens is 1. The summed E-state index contributed by atoms with van der Waals surface area (Å²) in [4.78, 5) is 3.67. The Labute approximate surface area is 247 Å². The smallest absolute Gasteiger partial charge is 0.188 e. The van der Waals surface area contributed by atoms with Gasteiger partial charge in [0.05, 0.1) is 30.8 Å². The van der Waals surface area contributed by atoms with Gasteiger partial charge < -0.3 is 13.7 Å². The number of benzene rings is 6. The molecule has 4 nitrogen and oxygen atoms in total. The van der Waals surface area contributed by atoms with Gasteiger partial charge in [-0.2, -0.15) is 0 Å². The highest BCUT2D eigenvalue weighted by Crippen LogP contribution is 2.40. The Morgan fingerprint density at radius 2 is 1.33 bits per heavy atom. The van der Waals surface area contributed by atoms with E-state index in [0.29, 0.717) is 18.9 Å². The summed E-state index contributed by atoms with van der Waals surface area (Å²) in [6.07, 6.45) is 0. The number of rotatable bonds is 2. The van der Waals surface area contributed by atoms with Crippen molar-refractivity contribution in [3.8, 4) is 27.9 Å². The molecule has 43 heavy (non-hydrogen) atoms. The monoisotopic (exact) mass is 552 g/mol. The fourth-order valence-corrected chi connectivity index (χ4v) is 6.72. The molecule has 1 aliphatic heterocycles. The lowest BCUT2D eigenvalue weighted by Gasteiger charge is -2.14. The first-order chi connectivity index (χ1) is 21.2. The van der Waals surface area contributed by atoms with Crippen LogP contribution in [0.25, 0.3) is 76.5 Å². The van der Waals surface area contributed by atoms with Crippen LogP contribution in [0, 0.1) is 6.57 Å². The summed E-state index contributed by atoms with van der Waals surface area (Å²) in [5.74, 6) is 0. The van der Waals surface area contributed by atoms with Crippen molar-refractivity contribution >= 4 is 49.4 Å². The average Bonchev–Trinajstić information content (AvgIpc) is 3.53. The molecule has 1 aliphatic rings. The molecule has 0 unspecified atom stereocenters. The molecule has 6 aromatic carbocycles. The minimum atomic E-state index is 0.541. The van der Waals surface area contributed by atoms with E-state index >= 15 is 0 Å². The molecule has 0 atom stereocenters. The molecule has 0 saturated carbocycles. The summed E-state index contributed by atoms with van der Waals surface area (Å²) in [6, 6.07) is 42.4. The van der Waals surface area contributed by atoms with E-state index in [1.54, 1.807) is 0 Å². The Balaban J connectivity index is 1.19. The van der Waals surface area contributed by atoms with Gasteiger partial charge in [0.15, 0.2) is 5.69 Å². The van der Waals surface area contributed by atoms with Crippen molar-refractivity contribution in [2.45, 2.75) is 13.2 Å². The van der Waals surface area contributed by atoms with Gasteiger partial charge in [-0.15, -0.1) is 0 Å². The Kier molecular flexibility index (Phi) is 5.13. The number of ether oxygens (including phenoxy) is 1. The van der Waals surface area contributed by atoms with Crippen LogP contribution in [0.2, 0.25) is 0 Å². The fraction of sp³-hybridized carbons (Fsp3) is 0.0513. The number of hydrogen-bond acceptors (Lipinski definition) is 2. The largest absolute Gasteiger partial charge is 0.456 e. The van der Waals surface area contributed by atoms with Crippen molar-refractivity contribution in [1.82, 2.24) is 4.57 Å². The van der Waals surface area contributed by atoms with Crippen molar-refractivity contribution in [1.29, 1.82) is 0 Å². The Hall–Kier alpha value is -5.63. The number of fused-ring (bicyclic) bond motifs is 9. The normalized spacial score (nSPS) is 12.8. The maximum Gasteiger partial charge on any atom is 0.188 e. The lowest BCUT2D eigenvalue weighted by molar-refractivity contribution is 0.110. The third-order valence-corrected chi connectivity index (χ3v) is 8.76. The van der Waals surface area contributed by atoms with Gasteiger partial charge in [0, 0.05) is 21.8 Å². The molecule has 0 aliphatic carbocycles. The van der Waals surface area contributed by atoms with Crippen LogP contribution in [0.4, 0.5) is 5.69 Å². The standard InChI is InChI=1S/C39H24N2O2/c1-40-28-13-16-37-34(21-28)31-6-2-4-8-36(31)41(37)29-14-15-30-27(18-29)23-42-22-26-11-10-24(19-33(26)30)25-12-17-39-35(20-25)32-7-3-5-9-38(32)43-39/h2-21H,22-23H2. The maximum absolute atomic E-state index is 7.51. The second-order valence-electron chi connectivity index (χ2n) is 11.2. The first kappa shape index (κ1) is 24.0. The fourth-order valence-electron chi connectivity index (χ4n) is 6.72. The quantitative estimate of drug-likeness (QED) is 0.200. The van der Waals surface area contributed by atoms with E-state index in [1.807, 2.05) is 24.3 Å². The molecule has 9 rings (SSSR count). The lowest BCUT2D eigenvalue weighted by Crippen LogP contribution is -1.97. The second kappa shape index (κ2) is 9.19. The molecule has 0 radical (unpaired) electrons. The number of para-hydroxylation sites is 2. The first-order valence-electron chi connectivity index (χ1n) is 14.4. The van der Waals surface area contributed by atoms with Gasteiger partial charge in [0.1, 0.15) is 11.2 Å². The Bertz CT molecular complexity index is 2450. The van der Waals surface area contributed by atoms with E-state index < -0.39 is 0 Å². The summed E-state index contributed by atoms with van der Waals surface area (Å²) >= 11 is 0. The van der Waals surface area contributed by atoms with E-state index in [-0.39, 0.29) is 0 Å². The highest BCUT2D eigenvalue weighted by molar-refractivity contribution is 6.10. The molecule has 0 saturated heterocycles. The van der Waals surface area contributed by atoms with E-state index in [2.05, 4.69) is 106 Å². The van der Waals surface area contributed by atoms with E-state index in [4.69, 9.17) is 15.7 Å². The molecular weight excluding hydrogens is 528 g/mol. The molecule has 0 fully saturated rings. The maximum atomic E-state index is 7.51. The molecule has 0 spiro atoms. The number of furan rings is 1. The van der Waals surface area contributed by atoms with E-state index in [0.717, 1.165) is 60.6 Å². The molecule has 8 aromatic rings. The van der Waals surface area contributed by atoms with Crippen LogP contribution in [0.1, 0.15) is 11.1 Å². The molecule has 2 aromatic heterocycles. The van der Waals surface area contributed by atoms with Gasteiger partial charge in [0.2, 0.25) is 0 Å². The molecule has 0 N–H and O–H groups in total. The molecule has 0 amide bonds. The SMILES string of the molecule is [C-]#[N+]c1ccc2c(c1)c1ccccc1n2-c1ccc2c(c1)COCc1ccc(-c3ccc4oc5ccccc5c4c3)cc1-2. The van der Waals surface area contributed by atoms with Crippen LogP contribution in [-0.4, -0.2) is 4.57 Å².